The average Bonchev–Trinajstić information content (AvgIpc) is 2.37. The van der Waals surface area contributed by atoms with Crippen LogP contribution in [0.1, 0.15) is 16.9 Å². The number of aromatic nitrogens is 2. The second-order valence-electron chi connectivity index (χ2n) is 3.83. The van der Waals surface area contributed by atoms with Crippen LogP contribution in [0.15, 0.2) is 16.9 Å². The molecule has 7 nitrogen and oxygen atoms in total. The third kappa shape index (κ3) is 4.40. The van der Waals surface area contributed by atoms with E-state index in [1.807, 2.05) is 6.26 Å². The van der Waals surface area contributed by atoms with E-state index in [1.165, 1.54) is 30.9 Å². The largest absolute Gasteiger partial charge is 0.480 e. The van der Waals surface area contributed by atoms with Gasteiger partial charge in [-0.3, -0.25) is 9.59 Å². The standard InChI is InChI=1S/C11H15N3O4S/c1-14-9(15)4-3-7(13-14)10(16)12-8(11(17)18)5-6-19-2/h3-4,8H,5-6H2,1-2H3,(H,12,16)(H,17,18)/t8-/m0/s1. The van der Waals surface area contributed by atoms with Gasteiger partial charge in [-0.05, 0) is 24.5 Å². The van der Waals surface area contributed by atoms with Crippen molar-refractivity contribution >= 4 is 23.6 Å². The van der Waals surface area contributed by atoms with Crippen molar-refractivity contribution in [1.29, 1.82) is 0 Å². The Morgan fingerprint density at radius 1 is 1.53 bits per heavy atom. The summed E-state index contributed by atoms with van der Waals surface area (Å²) in [7, 11) is 1.42. The van der Waals surface area contributed by atoms with Gasteiger partial charge >= 0.3 is 5.97 Å². The summed E-state index contributed by atoms with van der Waals surface area (Å²) in [6, 6.07) is 1.52. The van der Waals surface area contributed by atoms with Gasteiger partial charge in [0.2, 0.25) is 0 Å². The number of aliphatic carboxylic acids is 1. The third-order valence-electron chi connectivity index (χ3n) is 2.41. The molecule has 19 heavy (non-hydrogen) atoms. The molecule has 1 amide bonds. The molecular weight excluding hydrogens is 270 g/mol. The van der Waals surface area contributed by atoms with E-state index in [2.05, 4.69) is 10.4 Å². The van der Waals surface area contributed by atoms with Gasteiger partial charge in [0, 0.05) is 13.1 Å². The van der Waals surface area contributed by atoms with Gasteiger partial charge in [0.25, 0.3) is 11.5 Å². The fourth-order valence-electron chi connectivity index (χ4n) is 1.35. The van der Waals surface area contributed by atoms with Crippen LogP contribution >= 0.6 is 11.8 Å². The number of nitrogens with zero attached hydrogens (tertiary/aromatic N) is 2. The van der Waals surface area contributed by atoms with Crippen molar-refractivity contribution in [2.75, 3.05) is 12.0 Å². The minimum absolute atomic E-state index is 0.0116. The summed E-state index contributed by atoms with van der Waals surface area (Å²) < 4.78 is 1.02. The van der Waals surface area contributed by atoms with Gasteiger partial charge in [0.1, 0.15) is 11.7 Å². The van der Waals surface area contributed by atoms with Gasteiger partial charge in [-0.15, -0.1) is 0 Å². The van der Waals surface area contributed by atoms with E-state index in [-0.39, 0.29) is 11.3 Å². The first-order valence-electron chi connectivity index (χ1n) is 5.52. The molecule has 0 unspecified atom stereocenters. The molecule has 0 aliphatic carbocycles. The maximum atomic E-state index is 11.8. The lowest BCUT2D eigenvalue weighted by Crippen LogP contribution is -2.42. The highest BCUT2D eigenvalue weighted by atomic mass is 32.2. The normalized spacial score (nSPS) is 11.9. The Bertz CT molecular complexity index is 529. The molecule has 1 aromatic rings. The number of carboxylic acids is 1. The second-order valence-corrected chi connectivity index (χ2v) is 4.81. The molecule has 0 aromatic carbocycles. The molecule has 104 valence electrons. The highest BCUT2D eigenvalue weighted by molar-refractivity contribution is 7.98. The van der Waals surface area contributed by atoms with Gasteiger partial charge in [-0.25, -0.2) is 9.48 Å². The summed E-state index contributed by atoms with van der Waals surface area (Å²) in [5.41, 5.74) is -0.328. The predicted octanol–water partition coefficient (Wildman–Crippen LogP) is -0.284. The second kappa shape index (κ2) is 6.93. The summed E-state index contributed by atoms with van der Waals surface area (Å²) in [4.78, 5) is 34.0. The molecule has 2 N–H and O–H groups in total. The number of nitrogens with one attached hydrogen (secondary N) is 1. The fourth-order valence-corrected chi connectivity index (χ4v) is 1.82. The molecule has 1 atom stereocenters. The maximum absolute atomic E-state index is 11.8. The van der Waals surface area contributed by atoms with Crippen molar-refractivity contribution in [3.05, 3.63) is 28.2 Å². The highest BCUT2D eigenvalue weighted by Gasteiger charge is 2.21. The lowest BCUT2D eigenvalue weighted by atomic mass is 10.2. The molecule has 8 heteroatoms. The number of thioether (sulfide) groups is 1. The predicted molar refractivity (Wildman–Crippen MR) is 71.4 cm³/mol. The Morgan fingerprint density at radius 2 is 2.21 bits per heavy atom. The molecule has 0 bridgehead atoms. The van der Waals surface area contributed by atoms with Crippen molar-refractivity contribution < 1.29 is 14.7 Å². The first kappa shape index (κ1) is 15.2. The molecule has 0 radical (unpaired) electrons. The van der Waals surface area contributed by atoms with E-state index < -0.39 is 17.9 Å². The molecule has 0 aliphatic rings. The number of aryl methyl sites for hydroxylation is 1. The zero-order valence-electron chi connectivity index (χ0n) is 10.6. The van der Waals surface area contributed by atoms with Crippen LogP contribution in [0.2, 0.25) is 0 Å². The molecule has 0 spiro atoms. The first-order valence-corrected chi connectivity index (χ1v) is 6.92. The molecule has 1 rings (SSSR count). The summed E-state index contributed by atoms with van der Waals surface area (Å²) in [5, 5.41) is 15.1. The van der Waals surface area contributed by atoms with E-state index in [1.54, 1.807) is 0 Å². The van der Waals surface area contributed by atoms with Crippen molar-refractivity contribution in [3.8, 4) is 0 Å². The van der Waals surface area contributed by atoms with Gasteiger partial charge < -0.3 is 10.4 Å². The Kier molecular flexibility index (Phi) is 5.56. The van der Waals surface area contributed by atoms with E-state index in [0.717, 1.165) is 4.68 Å². The molecule has 0 saturated heterocycles. The van der Waals surface area contributed by atoms with E-state index in [0.29, 0.717) is 12.2 Å². The van der Waals surface area contributed by atoms with Crippen LogP contribution < -0.4 is 10.9 Å². The van der Waals surface area contributed by atoms with E-state index in [4.69, 9.17) is 5.11 Å². The number of hydrogen-bond donors (Lipinski definition) is 2. The molecule has 0 saturated carbocycles. The van der Waals surface area contributed by atoms with Crippen LogP contribution in [0.25, 0.3) is 0 Å². The van der Waals surface area contributed by atoms with Gasteiger partial charge in [-0.2, -0.15) is 16.9 Å². The Balaban J connectivity index is 2.78. The lowest BCUT2D eigenvalue weighted by Gasteiger charge is -2.13. The van der Waals surface area contributed by atoms with Crippen molar-refractivity contribution in [2.45, 2.75) is 12.5 Å². The van der Waals surface area contributed by atoms with E-state index in [9.17, 15) is 14.4 Å². The Hall–Kier alpha value is -1.83. The highest BCUT2D eigenvalue weighted by Crippen LogP contribution is 2.02. The van der Waals surface area contributed by atoms with Crippen LogP contribution in [0, 0.1) is 0 Å². The third-order valence-corrected chi connectivity index (χ3v) is 3.05. The molecule has 1 aromatic heterocycles. The topological polar surface area (TPSA) is 101 Å². The number of carbonyl (C=O) groups is 2. The Labute approximate surface area is 114 Å². The van der Waals surface area contributed by atoms with Crippen molar-refractivity contribution in [1.82, 2.24) is 15.1 Å². The van der Waals surface area contributed by atoms with Crippen LogP contribution in [0.3, 0.4) is 0 Å². The summed E-state index contributed by atoms with van der Waals surface area (Å²) in [5.74, 6) is -1.07. The van der Waals surface area contributed by atoms with Crippen molar-refractivity contribution in [2.24, 2.45) is 7.05 Å². The number of carboxylic acid groups (broad SMARTS) is 1. The summed E-state index contributed by atoms with van der Waals surface area (Å²) in [6.07, 6.45) is 2.18. The monoisotopic (exact) mass is 285 g/mol. The van der Waals surface area contributed by atoms with Gasteiger partial charge in [-0.1, -0.05) is 0 Å². The molecule has 0 aliphatic heterocycles. The average molecular weight is 285 g/mol. The van der Waals surface area contributed by atoms with Gasteiger partial charge in [0.05, 0.1) is 0 Å². The summed E-state index contributed by atoms with van der Waals surface area (Å²) in [6.45, 7) is 0. The quantitative estimate of drug-likeness (QED) is 0.745. The molecule has 0 fully saturated rings. The summed E-state index contributed by atoms with van der Waals surface area (Å²) >= 11 is 1.50. The van der Waals surface area contributed by atoms with Crippen LogP contribution in [-0.4, -0.2) is 44.8 Å². The lowest BCUT2D eigenvalue weighted by molar-refractivity contribution is -0.139. The van der Waals surface area contributed by atoms with E-state index >= 15 is 0 Å². The van der Waals surface area contributed by atoms with Crippen molar-refractivity contribution in [3.63, 3.8) is 0 Å². The fraction of sp³-hybridized carbons (Fsp3) is 0.455. The van der Waals surface area contributed by atoms with Crippen LogP contribution in [0.5, 0.6) is 0 Å². The minimum Gasteiger partial charge on any atom is -0.480 e. The SMILES string of the molecule is CSCC[C@H](NC(=O)c1ccc(=O)n(C)n1)C(=O)O. The molecular formula is C11H15N3O4S. The Morgan fingerprint density at radius 3 is 2.74 bits per heavy atom. The zero-order valence-corrected chi connectivity index (χ0v) is 11.4. The zero-order chi connectivity index (χ0) is 14.4. The maximum Gasteiger partial charge on any atom is 0.326 e. The number of amides is 1. The molecule has 1 heterocycles. The smallest absolute Gasteiger partial charge is 0.326 e. The first-order chi connectivity index (χ1) is 8.95. The van der Waals surface area contributed by atoms with Crippen LogP contribution in [0.4, 0.5) is 0 Å². The number of carbonyl (C=O) groups excluding carboxylic acids is 1. The number of rotatable bonds is 6. The van der Waals surface area contributed by atoms with Crippen LogP contribution in [-0.2, 0) is 11.8 Å². The minimum atomic E-state index is -1.09. The van der Waals surface area contributed by atoms with Gasteiger partial charge in [0.15, 0.2) is 0 Å². The number of hydrogen-bond acceptors (Lipinski definition) is 5.